The first-order valence-corrected chi connectivity index (χ1v) is 29.3. The Morgan fingerprint density at radius 3 is 2.32 bits per heavy atom. The molecule has 5 N–H and O–H groups in total. The molecule has 416 valence electrons. The molecule has 78 heavy (non-hydrogen) atoms. The van der Waals surface area contributed by atoms with Crippen LogP contribution in [0, 0.1) is 24.0 Å². The van der Waals surface area contributed by atoms with Crippen LogP contribution >= 0.6 is 11.3 Å². The molecule has 0 spiro atoms. The summed E-state index contributed by atoms with van der Waals surface area (Å²) in [6.07, 6.45) is 10.2. The zero-order chi connectivity index (χ0) is 56.1. The molecule has 3 atom stereocenters. The molecule has 2 aliphatic rings. The van der Waals surface area contributed by atoms with Gasteiger partial charge in [-0.25, -0.2) is 27.2 Å². The second-order valence-electron chi connectivity index (χ2n) is 21.5. The summed E-state index contributed by atoms with van der Waals surface area (Å²) in [7, 11) is -2.08. The Morgan fingerprint density at radius 1 is 0.949 bits per heavy atom. The lowest BCUT2D eigenvalue weighted by molar-refractivity contribution is -0.144. The van der Waals surface area contributed by atoms with Crippen LogP contribution < -0.4 is 26.4 Å². The number of nitrogens with zero attached hydrogens (tertiary/aromatic N) is 5. The second-order valence-corrected chi connectivity index (χ2v) is 24.8. The molecule has 21 heteroatoms. The summed E-state index contributed by atoms with van der Waals surface area (Å²) < 4.78 is 57.5. The van der Waals surface area contributed by atoms with Crippen LogP contribution in [0.2, 0.25) is 0 Å². The fourth-order valence-electron chi connectivity index (χ4n) is 10.3. The first-order valence-electron chi connectivity index (χ1n) is 26.6. The van der Waals surface area contributed by atoms with Gasteiger partial charge in [-0.05, 0) is 59.6 Å². The van der Waals surface area contributed by atoms with E-state index in [-0.39, 0.29) is 72.5 Å². The number of aliphatic hydroxyl groups is 1. The van der Waals surface area contributed by atoms with Crippen molar-refractivity contribution in [3.8, 4) is 21.6 Å². The number of aromatic amines is 1. The van der Waals surface area contributed by atoms with Crippen molar-refractivity contribution in [1.29, 1.82) is 0 Å². The molecule has 0 radical (unpaired) electrons. The summed E-state index contributed by atoms with van der Waals surface area (Å²) in [5.41, 5.74) is 6.27. The molecule has 6 aromatic rings. The van der Waals surface area contributed by atoms with Crippen molar-refractivity contribution in [2.45, 2.75) is 136 Å². The summed E-state index contributed by atoms with van der Waals surface area (Å²) >= 11 is 1.56. The number of aryl methyl sites for hydroxylation is 2. The van der Waals surface area contributed by atoms with Crippen LogP contribution in [0.1, 0.15) is 125 Å². The number of benzene rings is 2. The number of hydrogen-bond acceptors (Lipinski definition) is 12. The van der Waals surface area contributed by atoms with Crippen molar-refractivity contribution >= 4 is 67.2 Å². The smallest absolute Gasteiger partial charge is 0.274 e. The Bertz CT molecular complexity index is 3370. The number of nitrogens with one attached hydrogen (secondary N) is 4. The van der Waals surface area contributed by atoms with Crippen LogP contribution in [0.3, 0.4) is 0 Å². The summed E-state index contributed by atoms with van der Waals surface area (Å²) in [5.74, 6) is -4.21. The van der Waals surface area contributed by atoms with Gasteiger partial charge in [-0.1, -0.05) is 90.5 Å². The fourth-order valence-corrected chi connectivity index (χ4v) is 12.1. The zero-order valence-corrected chi connectivity index (χ0v) is 46.6. The van der Waals surface area contributed by atoms with Gasteiger partial charge in [0.2, 0.25) is 17.7 Å². The van der Waals surface area contributed by atoms with Crippen LogP contribution in [0.5, 0.6) is 0 Å². The molecular weight excluding hydrogens is 1040 g/mol. The topological polar surface area (TPSA) is 229 Å². The molecule has 2 aromatic carbocycles. The van der Waals surface area contributed by atoms with E-state index in [1.807, 2.05) is 52.0 Å². The second kappa shape index (κ2) is 24.4. The predicted octanol–water partition coefficient (Wildman–Crippen LogP) is 8.27. The van der Waals surface area contributed by atoms with E-state index in [1.165, 1.54) is 27.4 Å². The third kappa shape index (κ3) is 13.2. The third-order valence-corrected chi connectivity index (χ3v) is 17.3. The number of H-pyrrole nitrogens is 1. The lowest BCUT2D eigenvalue weighted by Gasteiger charge is -2.35. The Labute approximate surface area is 457 Å². The van der Waals surface area contributed by atoms with E-state index < -0.39 is 62.6 Å². The number of thiazole rings is 1. The Hall–Kier alpha value is -6.84. The minimum absolute atomic E-state index is 0.00456. The maximum atomic E-state index is 15.6. The lowest BCUT2D eigenvalue weighted by atomic mass is 9.85. The summed E-state index contributed by atoms with van der Waals surface area (Å²) in [4.78, 5) is 83.6. The number of β-amino-alcohol motifs (C(OH)–C–C–N with tert-alkyl or cyclic N) is 1. The minimum Gasteiger partial charge on any atom is -0.391 e. The number of carbonyl (C=O) groups excluding carboxylic acids is 4. The fraction of sp³-hybridized carbons (Fsp3) is 0.456. The van der Waals surface area contributed by atoms with Crippen LogP contribution in [-0.4, -0.2) is 98.6 Å². The number of amides is 4. The lowest BCUT2D eigenvalue weighted by Crippen LogP contribution is -2.57. The number of hydrogen-bond donors (Lipinski definition) is 5. The van der Waals surface area contributed by atoms with Crippen molar-refractivity contribution in [3.63, 3.8) is 0 Å². The minimum atomic E-state index is -3.66. The molecule has 0 aliphatic carbocycles. The highest BCUT2D eigenvalue weighted by atomic mass is 32.2. The predicted molar refractivity (Wildman–Crippen MR) is 298 cm³/mol. The highest BCUT2D eigenvalue weighted by Crippen LogP contribution is 2.45. The van der Waals surface area contributed by atoms with E-state index >= 15 is 4.39 Å². The van der Waals surface area contributed by atoms with Crippen LogP contribution in [0.15, 0.2) is 71.4 Å². The van der Waals surface area contributed by atoms with Gasteiger partial charge in [0.05, 0.1) is 46.4 Å². The SMILES string of the molecule is CCS(=O)(=O)Cc1cc2c(cc1C(=O)NCCCCCCCCCCC(=O)N[C@H](C(=O)N1C[C@@H](O)C[C@H]1C(=O)NCc1ccc(-c3scnc3C)cc1)C(C)(C)C)N(c1ncc(F)cc1F)Cc1c[nH]c3c(=O)n(C)cc-2c13. The number of aromatic nitrogens is 4. The van der Waals surface area contributed by atoms with Gasteiger partial charge < -0.3 is 40.4 Å². The molecule has 8 rings (SSSR count). The van der Waals surface area contributed by atoms with E-state index in [4.69, 9.17) is 0 Å². The first kappa shape index (κ1) is 57.3. The van der Waals surface area contributed by atoms with Gasteiger partial charge in [-0.2, -0.15) is 0 Å². The van der Waals surface area contributed by atoms with Crippen molar-refractivity contribution in [1.82, 2.24) is 40.4 Å². The molecule has 6 heterocycles. The van der Waals surface area contributed by atoms with Crippen molar-refractivity contribution in [2.75, 3.05) is 23.7 Å². The number of sulfone groups is 1. The number of unbranched alkanes of at least 4 members (excludes halogenated alkanes) is 7. The number of anilines is 2. The average Bonchev–Trinajstić information content (AvgIpc) is 4.16. The standard InChI is InChI=1S/C57H69F2N9O8S2/c1-7-78(75,76)32-37-22-42-43-31-66(6)55(73)49-48(43)38(27-61-49)29-67(52-44(59)23-39(58)28-62-52)45(42)25-41(37)53(71)60-21-15-13-11-9-8-10-12-14-16-47(70)65-51(57(3,4)5)56(74)68-30-40(69)24-46(68)54(72)63-26-35-17-19-36(20-18-35)50-34(2)64-33-77-50/h17-20,22-23,25,27-28,31,33,40,46,51,61,69H,7-16,21,24,26,29-30,32H2,1-6H3,(H,60,71)(H,63,72)(H,65,70)/t40-,46-,51+/m0/s1. The molecular formula is C57H69F2N9O8S2. The van der Waals surface area contributed by atoms with E-state index in [0.29, 0.717) is 58.7 Å². The number of pyridine rings is 2. The molecule has 0 saturated carbocycles. The number of rotatable bonds is 22. The molecule has 4 amide bonds. The molecule has 1 saturated heterocycles. The van der Waals surface area contributed by atoms with Gasteiger partial charge in [0.1, 0.15) is 23.4 Å². The van der Waals surface area contributed by atoms with Crippen LogP contribution in [-0.2, 0) is 50.1 Å². The van der Waals surface area contributed by atoms with E-state index in [2.05, 4.69) is 30.9 Å². The molecule has 1 fully saturated rings. The van der Waals surface area contributed by atoms with Gasteiger partial charge in [0, 0.05) is 85.8 Å². The van der Waals surface area contributed by atoms with Gasteiger partial charge >= 0.3 is 0 Å². The van der Waals surface area contributed by atoms with Crippen molar-refractivity contribution < 1.29 is 41.5 Å². The van der Waals surface area contributed by atoms with Crippen molar-refractivity contribution in [3.05, 3.63) is 117 Å². The van der Waals surface area contributed by atoms with E-state index in [0.717, 1.165) is 66.4 Å². The highest BCUT2D eigenvalue weighted by Gasteiger charge is 2.44. The van der Waals surface area contributed by atoms with E-state index in [1.54, 1.807) is 42.4 Å². The number of carbonyl (C=O) groups is 4. The van der Waals surface area contributed by atoms with Gasteiger partial charge in [0.15, 0.2) is 21.5 Å². The number of aliphatic hydroxyl groups excluding tert-OH is 1. The Kier molecular flexibility index (Phi) is 18.0. The van der Waals surface area contributed by atoms with E-state index in [9.17, 15) is 41.9 Å². The zero-order valence-electron chi connectivity index (χ0n) is 45.0. The first-order chi connectivity index (χ1) is 37.1. The Morgan fingerprint density at radius 2 is 1.65 bits per heavy atom. The van der Waals surface area contributed by atoms with Gasteiger partial charge in [-0.3, -0.25) is 24.0 Å². The largest absolute Gasteiger partial charge is 0.391 e. The van der Waals surface area contributed by atoms with Crippen molar-refractivity contribution in [2.24, 2.45) is 12.5 Å². The number of fused-ring (bicyclic) bond motifs is 2. The summed E-state index contributed by atoms with van der Waals surface area (Å²) in [6, 6.07) is 9.91. The maximum absolute atomic E-state index is 15.6. The molecule has 0 unspecified atom stereocenters. The molecule has 17 nitrogen and oxygen atoms in total. The van der Waals surface area contributed by atoms with Crippen LogP contribution in [0.25, 0.3) is 32.5 Å². The maximum Gasteiger partial charge on any atom is 0.274 e. The normalized spacial score (nSPS) is 15.8. The third-order valence-electron chi connectivity index (χ3n) is 14.7. The molecule has 2 aliphatic heterocycles. The molecule has 4 aromatic heterocycles. The van der Waals surface area contributed by atoms with Crippen LogP contribution in [0.4, 0.5) is 20.3 Å². The summed E-state index contributed by atoms with van der Waals surface area (Å²) in [6.45, 7) is 9.60. The number of likely N-dealkylation sites (tertiary alicyclic amines) is 1. The quantitative estimate of drug-likeness (QED) is 0.0406. The van der Waals surface area contributed by atoms with Gasteiger partial charge in [0.25, 0.3) is 11.5 Å². The Balaban J connectivity index is 0.802. The number of halogens is 2. The summed E-state index contributed by atoms with van der Waals surface area (Å²) in [5, 5.41) is 20.0. The highest BCUT2D eigenvalue weighted by molar-refractivity contribution is 7.90. The molecule has 0 bridgehead atoms. The van der Waals surface area contributed by atoms with Gasteiger partial charge in [-0.15, -0.1) is 11.3 Å². The monoisotopic (exact) mass is 1110 g/mol. The average molecular weight is 1110 g/mol.